The van der Waals surface area contributed by atoms with Crippen LogP contribution in [0.2, 0.25) is 0 Å². The summed E-state index contributed by atoms with van der Waals surface area (Å²) in [5, 5.41) is 9.33. The average Bonchev–Trinajstić information content (AvgIpc) is 1.96. The summed E-state index contributed by atoms with van der Waals surface area (Å²) in [4.78, 5) is 10.5. The Hall–Kier alpha value is -0.690. The molecular weight excluding hydrogens is 160 g/mol. The molecule has 72 valence electrons. The van der Waals surface area contributed by atoms with Gasteiger partial charge in [-0.1, -0.05) is 0 Å². The van der Waals surface area contributed by atoms with Crippen LogP contribution in [0.1, 0.15) is 19.3 Å². The monoisotopic (exact) mass is 176 g/mol. The summed E-state index contributed by atoms with van der Waals surface area (Å²) in [6.07, 6.45) is 1.94. The van der Waals surface area contributed by atoms with Gasteiger partial charge in [-0.25, -0.2) is 0 Å². The van der Waals surface area contributed by atoms with E-state index in [2.05, 4.69) is 0 Å². The summed E-state index contributed by atoms with van der Waals surface area (Å²) >= 11 is 0. The van der Waals surface area contributed by atoms with Crippen molar-refractivity contribution in [3.63, 3.8) is 0 Å². The van der Waals surface area contributed by atoms with Crippen LogP contribution in [-0.4, -0.2) is 28.8 Å². The maximum atomic E-state index is 10.5. The van der Waals surface area contributed by atoms with Crippen LogP contribution in [0.15, 0.2) is 0 Å². The number of nitrogens with zero attached hydrogens (tertiary/aromatic N) is 1. The van der Waals surface area contributed by atoms with Gasteiger partial charge in [0.25, 0.3) is 0 Å². The van der Waals surface area contributed by atoms with E-state index in [1.165, 1.54) is 0 Å². The average molecular weight is 176 g/mol. The number of aliphatic carboxylic acids is 1. The van der Waals surface area contributed by atoms with Crippen LogP contribution < -0.4 is 17.4 Å². The molecular formula is C6H16N4O2. The van der Waals surface area contributed by atoms with Gasteiger partial charge in [0.15, 0.2) is 0 Å². The molecule has 6 heteroatoms. The third-order valence-corrected chi connectivity index (χ3v) is 1.58. The predicted octanol–water partition coefficient (Wildman–Crippen LogP) is -1.38. The zero-order valence-electron chi connectivity index (χ0n) is 6.94. The van der Waals surface area contributed by atoms with Crippen molar-refractivity contribution in [2.24, 2.45) is 17.4 Å². The highest BCUT2D eigenvalue weighted by molar-refractivity contribution is 5.73. The van der Waals surface area contributed by atoms with Gasteiger partial charge in [0.05, 0.1) is 0 Å². The third kappa shape index (κ3) is 4.24. The fourth-order valence-corrected chi connectivity index (χ4v) is 0.882. The zero-order chi connectivity index (χ0) is 9.56. The fraction of sp³-hybridized carbons (Fsp3) is 0.833. The first-order valence-electron chi connectivity index (χ1n) is 3.81. The minimum Gasteiger partial charge on any atom is -0.480 e. The molecule has 0 aliphatic heterocycles. The molecule has 0 aliphatic carbocycles. The number of hydrogen-bond acceptors (Lipinski definition) is 5. The molecule has 0 spiro atoms. The zero-order valence-corrected chi connectivity index (χ0v) is 6.94. The molecule has 0 unspecified atom stereocenters. The standard InChI is InChI=1S/C6H16N4O2/c7-4-2-1-3-5(6(11)12)10(8)9/h5H,1-4,7-9H2,(H,11,12)/t5-/m0/s1. The van der Waals surface area contributed by atoms with Crippen LogP contribution >= 0.6 is 0 Å². The summed E-state index contributed by atoms with van der Waals surface area (Å²) in [6.45, 7) is 0.557. The smallest absolute Gasteiger partial charge is 0.323 e. The van der Waals surface area contributed by atoms with E-state index in [0.717, 1.165) is 18.0 Å². The van der Waals surface area contributed by atoms with Crippen molar-refractivity contribution in [2.75, 3.05) is 6.54 Å². The Bertz CT molecular complexity index is 140. The van der Waals surface area contributed by atoms with E-state index in [9.17, 15) is 4.79 Å². The lowest BCUT2D eigenvalue weighted by molar-refractivity contribution is -0.143. The number of hydrogen-bond donors (Lipinski definition) is 4. The van der Waals surface area contributed by atoms with Crippen molar-refractivity contribution in [1.82, 2.24) is 5.12 Å². The number of hydrazine groups is 2. The van der Waals surface area contributed by atoms with Crippen LogP contribution in [-0.2, 0) is 4.79 Å². The number of carboxylic acid groups (broad SMARTS) is 1. The number of carboxylic acids is 1. The van der Waals surface area contributed by atoms with Crippen LogP contribution in [0.25, 0.3) is 0 Å². The lowest BCUT2D eigenvalue weighted by Gasteiger charge is -2.18. The summed E-state index contributed by atoms with van der Waals surface area (Å²) in [5.41, 5.74) is 5.24. The lowest BCUT2D eigenvalue weighted by atomic mass is 10.1. The second kappa shape index (κ2) is 5.90. The Morgan fingerprint density at radius 3 is 2.33 bits per heavy atom. The van der Waals surface area contributed by atoms with Crippen molar-refractivity contribution in [3.8, 4) is 0 Å². The van der Waals surface area contributed by atoms with Gasteiger partial charge in [-0.15, -0.1) is 0 Å². The Kier molecular flexibility index (Phi) is 5.56. The molecule has 0 rings (SSSR count). The summed E-state index contributed by atoms with van der Waals surface area (Å²) in [6, 6.07) is -0.809. The number of unbranched alkanes of at least 4 members (excludes halogenated alkanes) is 1. The van der Waals surface area contributed by atoms with Crippen LogP contribution in [0.4, 0.5) is 0 Å². The van der Waals surface area contributed by atoms with Crippen LogP contribution in [0.3, 0.4) is 0 Å². The molecule has 0 heterocycles. The van der Waals surface area contributed by atoms with Crippen molar-refractivity contribution >= 4 is 5.97 Å². The maximum Gasteiger partial charge on any atom is 0.323 e. The van der Waals surface area contributed by atoms with Gasteiger partial charge in [-0.2, -0.15) is 5.12 Å². The van der Waals surface area contributed by atoms with Gasteiger partial charge in [-0.05, 0) is 25.8 Å². The number of rotatable bonds is 6. The van der Waals surface area contributed by atoms with E-state index < -0.39 is 12.0 Å². The van der Waals surface area contributed by atoms with Crippen molar-refractivity contribution in [2.45, 2.75) is 25.3 Å². The van der Waals surface area contributed by atoms with Gasteiger partial charge >= 0.3 is 5.97 Å². The molecule has 1 atom stereocenters. The molecule has 6 nitrogen and oxygen atoms in total. The first kappa shape index (κ1) is 11.3. The molecule has 7 N–H and O–H groups in total. The summed E-state index contributed by atoms with van der Waals surface area (Å²) in [7, 11) is 0. The fourth-order valence-electron chi connectivity index (χ4n) is 0.882. The van der Waals surface area contributed by atoms with E-state index in [-0.39, 0.29) is 0 Å². The maximum absolute atomic E-state index is 10.5. The van der Waals surface area contributed by atoms with Crippen molar-refractivity contribution in [3.05, 3.63) is 0 Å². The van der Waals surface area contributed by atoms with E-state index >= 15 is 0 Å². The minimum absolute atomic E-state index is 0.430. The van der Waals surface area contributed by atoms with Gasteiger partial charge in [-0.3, -0.25) is 16.5 Å². The van der Waals surface area contributed by atoms with Crippen LogP contribution in [0.5, 0.6) is 0 Å². The molecule has 0 aromatic heterocycles. The molecule has 0 fully saturated rings. The lowest BCUT2D eigenvalue weighted by Crippen LogP contribution is -2.50. The first-order valence-corrected chi connectivity index (χ1v) is 3.81. The second-order valence-corrected chi connectivity index (χ2v) is 2.59. The van der Waals surface area contributed by atoms with Crippen LogP contribution in [0, 0.1) is 0 Å². The van der Waals surface area contributed by atoms with Gasteiger partial charge in [0.1, 0.15) is 6.04 Å². The first-order chi connectivity index (χ1) is 5.59. The number of carbonyl (C=O) groups is 1. The topological polar surface area (TPSA) is 119 Å². The van der Waals surface area contributed by atoms with Gasteiger partial charge < -0.3 is 10.8 Å². The molecule has 0 saturated carbocycles. The largest absolute Gasteiger partial charge is 0.480 e. The summed E-state index contributed by atoms with van der Waals surface area (Å²) in [5.74, 6) is 9.23. The van der Waals surface area contributed by atoms with E-state index in [4.69, 9.17) is 22.5 Å². The highest BCUT2D eigenvalue weighted by Gasteiger charge is 2.19. The van der Waals surface area contributed by atoms with E-state index in [1.807, 2.05) is 0 Å². The highest BCUT2D eigenvalue weighted by atomic mass is 16.4. The molecule has 0 bridgehead atoms. The minimum atomic E-state index is -1.00. The molecule has 0 aliphatic rings. The Labute approximate surface area is 71.2 Å². The van der Waals surface area contributed by atoms with Crippen molar-refractivity contribution in [1.29, 1.82) is 0 Å². The highest BCUT2D eigenvalue weighted by Crippen LogP contribution is 2.02. The quantitative estimate of drug-likeness (QED) is 0.225. The Morgan fingerprint density at radius 2 is 2.00 bits per heavy atom. The normalized spacial score (nSPS) is 13.3. The third-order valence-electron chi connectivity index (χ3n) is 1.58. The molecule has 0 radical (unpaired) electrons. The molecule has 0 amide bonds. The van der Waals surface area contributed by atoms with Gasteiger partial charge in [0.2, 0.25) is 0 Å². The summed E-state index contributed by atoms with van der Waals surface area (Å²) < 4.78 is 0. The second-order valence-electron chi connectivity index (χ2n) is 2.59. The molecule has 0 saturated heterocycles. The predicted molar refractivity (Wildman–Crippen MR) is 44.5 cm³/mol. The SMILES string of the molecule is NCCCC[C@@H](C(=O)O)N(N)N. The Morgan fingerprint density at radius 1 is 1.42 bits per heavy atom. The molecule has 12 heavy (non-hydrogen) atoms. The molecule has 0 aromatic carbocycles. The van der Waals surface area contributed by atoms with Gasteiger partial charge in [0, 0.05) is 0 Å². The van der Waals surface area contributed by atoms with E-state index in [0.29, 0.717) is 13.0 Å². The van der Waals surface area contributed by atoms with Crippen molar-refractivity contribution < 1.29 is 9.90 Å². The number of nitrogens with two attached hydrogens (primary N) is 3. The Balaban J connectivity index is 3.72. The van der Waals surface area contributed by atoms with E-state index in [1.54, 1.807) is 0 Å². The molecule has 0 aromatic rings.